The molecule has 158 valence electrons. The van der Waals surface area contributed by atoms with Crippen molar-refractivity contribution in [2.24, 2.45) is 0 Å². The number of phenolic OH excluding ortho intramolecular Hbond substituents is 1. The summed E-state index contributed by atoms with van der Waals surface area (Å²) in [6, 6.07) is 3.63. The summed E-state index contributed by atoms with van der Waals surface area (Å²) in [4.78, 5) is 22.9. The molecule has 0 aliphatic rings. The first kappa shape index (κ1) is 24.3. The Labute approximate surface area is 167 Å². The van der Waals surface area contributed by atoms with Crippen LogP contribution in [0.4, 0.5) is 22.0 Å². The Morgan fingerprint density at radius 1 is 1.14 bits per heavy atom. The number of aromatic hydroxyl groups is 1. The second kappa shape index (κ2) is 8.73. The summed E-state index contributed by atoms with van der Waals surface area (Å²) in [5.41, 5.74) is 0. The molecule has 0 aliphatic carbocycles. The molecule has 1 aromatic carbocycles. The van der Waals surface area contributed by atoms with Gasteiger partial charge in [-0.15, -0.1) is 0 Å². The zero-order valence-electron chi connectivity index (χ0n) is 13.2. The summed E-state index contributed by atoms with van der Waals surface area (Å²) in [6.45, 7) is 0. The van der Waals surface area contributed by atoms with E-state index in [4.69, 9.17) is 0 Å². The molecule has 0 heterocycles. The third-order valence-corrected chi connectivity index (χ3v) is 4.66. The number of benzene rings is 1. The summed E-state index contributed by atoms with van der Waals surface area (Å²) in [6.07, 6.45) is -12.7. The number of carbonyl (C=O) groups is 2. The van der Waals surface area contributed by atoms with Crippen molar-refractivity contribution in [2.45, 2.75) is 30.4 Å². The molecule has 0 spiro atoms. The highest BCUT2D eigenvalue weighted by atomic mass is 127. The minimum atomic E-state index is -6.81. The quantitative estimate of drug-likeness (QED) is 0.181. The maximum absolute atomic E-state index is 13.2. The monoisotopic (exact) mass is 547 g/mol. The largest absolute Gasteiger partial charge is 0.743 e. The molecule has 15 heteroatoms. The smallest absolute Gasteiger partial charge is 0.432 e. The van der Waals surface area contributed by atoms with E-state index < -0.39 is 52.4 Å². The molecular formula is C13H9F5IO8S-. The van der Waals surface area contributed by atoms with Crippen molar-refractivity contribution >= 4 is 44.6 Å². The molecule has 0 saturated heterocycles. The van der Waals surface area contributed by atoms with Gasteiger partial charge in [0, 0.05) is 6.07 Å². The molecule has 0 fully saturated rings. The predicted octanol–water partition coefficient (Wildman–Crippen LogP) is 2.29. The first-order valence-corrected chi connectivity index (χ1v) is 9.33. The Bertz CT molecular complexity index is 855. The van der Waals surface area contributed by atoms with Crippen LogP contribution < -0.4 is 4.74 Å². The number of hydrogen-bond acceptors (Lipinski definition) is 8. The van der Waals surface area contributed by atoms with Gasteiger partial charge >= 0.3 is 23.4 Å². The summed E-state index contributed by atoms with van der Waals surface area (Å²) in [7, 11) is -6.81. The molecule has 0 bridgehead atoms. The van der Waals surface area contributed by atoms with Crippen LogP contribution >= 0.6 is 22.6 Å². The number of rotatable bonds is 7. The van der Waals surface area contributed by atoms with Crippen LogP contribution in [0.2, 0.25) is 0 Å². The minimum Gasteiger partial charge on any atom is -0.743 e. The Hall–Kier alpha value is -1.75. The first-order chi connectivity index (χ1) is 12.6. The van der Waals surface area contributed by atoms with Gasteiger partial charge < -0.3 is 19.1 Å². The molecule has 1 aromatic rings. The van der Waals surface area contributed by atoms with Gasteiger partial charge in [-0.1, -0.05) is 0 Å². The van der Waals surface area contributed by atoms with Crippen LogP contribution in [0.15, 0.2) is 18.2 Å². The lowest BCUT2D eigenvalue weighted by Crippen LogP contribution is -2.52. The molecule has 1 rings (SSSR count). The molecule has 0 saturated carbocycles. The molecule has 1 unspecified atom stereocenters. The second-order valence-electron chi connectivity index (χ2n) is 5.01. The van der Waals surface area contributed by atoms with Crippen LogP contribution in [0.1, 0.15) is 12.8 Å². The van der Waals surface area contributed by atoms with E-state index in [1.54, 1.807) is 22.6 Å². The fourth-order valence-electron chi connectivity index (χ4n) is 1.59. The van der Waals surface area contributed by atoms with Crippen molar-refractivity contribution in [3.63, 3.8) is 0 Å². The molecule has 0 amide bonds. The Balaban J connectivity index is 2.75. The van der Waals surface area contributed by atoms with Crippen molar-refractivity contribution < 1.29 is 59.1 Å². The maximum atomic E-state index is 13.2. The average Bonchev–Trinajstić information content (AvgIpc) is 2.52. The summed E-state index contributed by atoms with van der Waals surface area (Å²) in [5, 5.41) is 3.45. The van der Waals surface area contributed by atoms with Crippen molar-refractivity contribution in [2.75, 3.05) is 0 Å². The zero-order valence-corrected chi connectivity index (χ0v) is 16.2. The highest BCUT2D eigenvalue weighted by Crippen LogP contribution is 2.38. The van der Waals surface area contributed by atoms with Gasteiger partial charge in [-0.25, -0.2) is 8.42 Å². The van der Waals surface area contributed by atoms with E-state index in [-0.39, 0.29) is 11.5 Å². The van der Waals surface area contributed by atoms with Crippen molar-refractivity contribution in [1.29, 1.82) is 0 Å². The minimum absolute atomic E-state index is 0.173. The summed E-state index contributed by atoms with van der Waals surface area (Å²) in [5.74, 6) is -3.63. The van der Waals surface area contributed by atoms with Crippen LogP contribution in [0.3, 0.4) is 0 Å². The molecule has 0 aliphatic heterocycles. The SMILES string of the molecule is O=C(CCC(=O)OC(C(F)(F)F)C(F)(F)S(=O)(=O)[O-])Oc1ccc(I)c(O)c1. The normalized spacial score (nSPS) is 13.7. The maximum Gasteiger partial charge on any atom is 0.432 e. The number of carbonyl (C=O) groups excluding carboxylic acids is 2. The lowest BCUT2D eigenvalue weighted by molar-refractivity contribution is -0.259. The molecule has 1 atom stereocenters. The molecular weight excluding hydrogens is 538 g/mol. The van der Waals surface area contributed by atoms with Crippen molar-refractivity contribution in [3.8, 4) is 11.5 Å². The Morgan fingerprint density at radius 3 is 2.14 bits per heavy atom. The van der Waals surface area contributed by atoms with Gasteiger partial charge in [-0.05, 0) is 34.7 Å². The van der Waals surface area contributed by atoms with Crippen LogP contribution in [-0.4, -0.2) is 47.6 Å². The number of alkyl halides is 5. The molecule has 1 N–H and O–H groups in total. The van der Waals surface area contributed by atoms with Gasteiger partial charge in [0.05, 0.1) is 16.4 Å². The van der Waals surface area contributed by atoms with E-state index in [1.165, 1.54) is 12.1 Å². The Morgan fingerprint density at radius 2 is 1.68 bits per heavy atom. The van der Waals surface area contributed by atoms with Gasteiger partial charge in [-0.3, -0.25) is 9.59 Å². The van der Waals surface area contributed by atoms with E-state index in [0.29, 0.717) is 3.57 Å². The van der Waals surface area contributed by atoms with Crippen LogP contribution in [-0.2, 0) is 24.4 Å². The van der Waals surface area contributed by atoms with E-state index in [0.717, 1.165) is 6.07 Å². The van der Waals surface area contributed by atoms with Crippen molar-refractivity contribution in [1.82, 2.24) is 0 Å². The fraction of sp³-hybridized carbons (Fsp3) is 0.385. The molecule has 0 radical (unpaired) electrons. The molecule has 0 aromatic heterocycles. The number of hydrogen-bond donors (Lipinski definition) is 1. The van der Waals surface area contributed by atoms with E-state index in [9.17, 15) is 49.6 Å². The van der Waals surface area contributed by atoms with Gasteiger partial charge in [0.15, 0.2) is 10.1 Å². The fourth-order valence-corrected chi connectivity index (χ4v) is 2.37. The third kappa shape index (κ3) is 6.40. The topological polar surface area (TPSA) is 130 Å². The van der Waals surface area contributed by atoms with Crippen molar-refractivity contribution in [3.05, 3.63) is 21.8 Å². The number of esters is 2. The summed E-state index contributed by atoms with van der Waals surface area (Å²) >= 11 is 1.76. The zero-order chi connectivity index (χ0) is 21.9. The van der Waals surface area contributed by atoms with E-state index in [2.05, 4.69) is 9.47 Å². The van der Waals surface area contributed by atoms with Gasteiger partial charge in [0.2, 0.25) is 0 Å². The second-order valence-corrected chi connectivity index (χ2v) is 7.63. The number of phenols is 1. The molecule has 8 nitrogen and oxygen atoms in total. The first-order valence-electron chi connectivity index (χ1n) is 6.84. The van der Waals surface area contributed by atoms with Crippen LogP contribution in [0.25, 0.3) is 0 Å². The lowest BCUT2D eigenvalue weighted by Gasteiger charge is -2.29. The highest BCUT2D eigenvalue weighted by molar-refractivity contribution is 14.1. The number of halogens is 6. The average molecular weight is 547 g/mol. The van der Waals surface area contributed by atoms with Gasteiger partial charge in [-0.2, -0.15) is 22.0 Å². The highest BCUT2D eigenvalue weighted by Gasteiger charge is 2.62. The van der Waals surface area contributed by atoms with Gasteiger partial charge in [0.25, 0.3) is 6.10 Å². The predicted molar refractivity (Wildman–Crippen MR) is 86.3 cm³/mol. The Kier molecular flexibility index (Phi) is 7.57. The standard InChI is InChI=1S/C13H10F5IO8S/c14-12(15,16)11(13(17,18)28(23,24)25)27-10(22)4-3-9(21)26-6-1-2-7(19)8(20)5-6/h1-2,5,11,20H,3-4H2,(H,23,24,25)/p-1. The third-order valence-electron chi connectivity index (χ3n) is 2.87. The summed E-state index contributed by atoms with van der Waals surface area (Å²) < 4.78 is 104. The van der Waals surface area contributed by atoms with E-state index >= 15 is 0 Å². The lowest BCUT2D eigenvalue weighted by atomic mass is 10.3. The molecule has 28 heavy (non-hydrogen) atoms. The van der Waals surface area contributed by atoms with Crippen LogP contribution in [0.5, 0.6) is 11.5 Å². The van der Waals surface area contributed by atoms with E-state index in [1.807, 2.05) is 0 Å². The number of ether oxygens (including phenoxy) is 2. The van der Waals surface area contributed by atoms with Crippen LogP contribution in [0, 0.1) is 3.57 Å². The van der Waals surface area contributed by atoms with Gasteiger partial charge in [0.1, 0.15) is 11.5 Å².